The molecule has 5 rings (SSSR count). The lowest BCUT2D eigenvalue weighted by Gasteiger charge is -2.27. The third-order valence-corrected chi connectivity index (χ3v) is 5.18. The second-order valence-electron chi connectivity index (χ2n) is 7.46. The molecule has 4 aromatic rings. The van der Waals surface area contributed by atoms with Crippen molar-refractivity contribution in [1.29, 1.82) is 0 Å². The fourth-order valence-corrected chi connectivity index (χ4v) is 3.58. The van der Waals surface area contributed by atoms with Crippen molar-refractivity contribution in [2.24, 2.45) is 5.10 Å². The van der Waals surface area contributed by atoms with Gasteiger partial charge in [-0.2, -0.15) is 20.1 Å². The molecule has 9 heteroatoms. The molecule has 1 aromatic heterocycles. The van der Waals surface area contributed by atoms with E-state index in [9.17, 15) is 4.39 Å². The molecule has 1 fully saturated rings. The number of fused-ring (bicyclic) bond motifs is 1. The van der Waals surface area contributed by atoms with Gasteiger partial charge >= 0.3 is 0 Å². The maximum Gasteiger partial charge on any atom is 0.250 e. The van der Waals surface area contributed by atoms with E-state index in [-0.39, 0.29) is 11.8 Å². The van der Waals surface area contributed by atoms with Crippen LogP contribution >= 0.6 is 0 Å². The Labute approximate surface area is 190 Å². The molecule has 33 heavy (non-hydrogen) atoms. The molecule has 0 unspecified atom stereocenters. The van der Waals surface area contributed by atoms with Crippen molar-refractivity contribution in [2.75, 3.05) is 41.9 Å². The number of benzene rings is 3. The summed E-state index contributed by atoms with van der Waals surface area (Å²) in [5, 5.41) is 9.67. The predicted molar refractivity (Wildman–Crippen MR) is 128 cm³/mol. The van der Waals surface area contributed by atoms with Crippen molar-refractivity contribution in [3.8, 4) is 0 Å². The Bertz CT molecular complexity index is 1290. The summed E-state index contributed by atoms with van der Waals surface area (Å²) in [6.07, 6.45) is 1.51. The maximum atomic E-state index is 13.4. The quantitative estimate of drug-likeness (QED) is 0.341. The Hall–Kier alpha value is -4.11. The van der Waals surface area contributed by atoms with E-state index in [4.69, 9.17) is 4.74 Å². The summed E-state index contributed by atoms with van der Waals surface area (Å²) in [4.78, 5) is 15.7. The normalized spacial score (nSPS) is 14.0. The first-order chi connectivity index (χ1) is 16.2. The largest absolute Gasteiger partial charge is 0.378 e. The lowest BCUT2D eigenvalue weighted by Crippen LogP contribution is -2.37. The molecular weight excluding hydrogens is 421 g/mol. The number of anilines is 4. The van der Waals surface area contributed by atoms with Crippen LogP contribution in [0, 0.1) is 5.82 Å². The van der Waals surface area contributed by atoms with Gasteiger partial charge < -0.3 is 15.0 Å². The van der Waals surface area contributed by atoms with Crippen LogP contribution in [-0.4, -0.2) is 47.5 Å². The molecule has 3 aromatic carbocycles. The van der Waals surface area contributed by atoms with E-state index in [0.29, 0.717) is 43.8 Å². The van der Waals surface area contributed by atoms with Gasteiger partial charge in [-0.3, -0.25) is 0 Å². The summed E-state index contributed by atoms with van der Waals surface area (Å²) in [5.74, 6) is 0.878. The highest BCUT2D eigenvalue weighted by molar-refractivity contribution is 5.94. The smallest absolute Gasteiger partial charge is 0.250 e. The molecule has 166 valence electrons. The number of hydrazone groups is 1. The number of aromatic nitrogens is 3. The van der Waals surface area contributed by atoms with Crippen LogP contribution in [0.5, 0.6) is 0 Å². The minimum Gasteiger partial charge on any atom is -0.378 e. The first kappa shape index (κ1) is 20.8. The van der Waals surface area contributed by atoms with Gasteiger partial charge in [0.1, 0.15) is 5.82 Å². The Morgan fingerprint density at radius 2 is 1.70 bits per heavy atom. The van der Waals surface area contributed by atoms with Crippen LogP contribution in [-0.2, 0) is 4.74 Å². The van der Waals surface area contributed by atoms with Crippen LogP contribution in [0.25, 0.3) is 10.8 Å². The number of nitrogens with one attached hydrogen (secondary N) is 2. The average molecular weight is 443 g/mol. The topological polar surface area (TPSA) is 87.6 Å². The molecule has 0 saturated carbocycles. The number of rotatable bonds is 6. The van der Waals surface area contributed by atoms with Gasteiger partial charge in [-0.1, -0.05) is 48.5 Å². The Morgan fingerprint density at radius 3 is 2.58 bits per heavy atom. The molecule has 0 bridgehead atoms. The van der Waals surface area contributed by atoms with Crippen LogP contribution in [0.2, 0.25) is 0 Å². The standard InChI is InChI=1S/C24H22FN7O/c25-19-8-3-5-17(15-19)16-26-31-23-28-22(29-24(30-23)32-11-13-33-14-12-32)27-21-10-4-7-18-6-1-2-9-20(18)21/h1-10,15-16H,11-14H2,(H2,27,28,29,30,31)/b26-16-. The summed E-state index contributed by atoms with van der Waals surface area (Å²) in [6, 6.07) is 20.3. The molecule has 1 aliphatic heterocycles. The third-order valence-electron chi connectivity index (χ3n) is 5.18. The molecule has 0 atom stereocenters. The van der Waals surface area contributed by atoms with E-state index in [2.05, 4.69) is 42.9 Å². The van der Waals surface area contributed by atoms with Crippen molar-refractivity contribution in [1.82, 2.24) is 15.0 Å². The van der Waals surface area contributed by atoms with Gasteiger partial charge in [0.2, 0.25) is 17.8 Å². The fraction of sp³-hybridized carbons (Fsp3) is 0.167. The van der Waals surface area contributed by atoms with Gasteiger partial charge in [0.25, 0.3) is 0 Å². The van der Waals surface area contributed by atoms with Gasteiger partial charge in [0.15, 0.2) is 0 Å². The van der Waals surface area contributed by atoms with Crippen molar-refractivity contribution in [3.63, 3.8) is 0 Å². The number of morpholine rings is 1. The fourth-order valence-electron chi connectivity index (χ4n) is 3.58. The van der Waals surface area contributed by atoms with Crippen LogP contribution in [0.4, 0.5) is 27.9 Å². The summed E-state index contributed by atoms with van der Waals surface area (Å²) in [6.45, 7) is 2.59. The molecule has 1 aliphatic rings. The average Bonchev–Trinajstić information content (AvgIpc) is 2.85. The number of hydrogen-bond donors (Lipinski definition) is 2. The van der Waals surface area contributed by atoms with Crippen LogP contribution in [0.15, 0.2) is 71.8 Å². The van der Waals surface area contributed by atoms with E-state index in [1.165, 1.54) is 18.3 Å². The summed E-state index contributed by atoms with van der Waals surface area (Å²) >= 11 is 0. The minimum absolute atomic E-state index is 0.280. The van der Waals surface area contributed by atoms with Gasteiger partial charge in [-0.25, -0.2) is 9.82 Å². The zero-order chi connectivity index (χ0) is 22.5. The Morgan fingerprint density at radius 1 is 0.909 bits per heavy atom. The first-order valence-electron chi connectivity index (χ1n) is 10.6. The molecular formula is C24H22FN7O. The van der Waals surface area contributed by atoms with Gasteiger partial charge in [-0.05, 0) is 29.1 Å². The second-order valence-corrected chi connectivity index (χ2v) is 7.46. The Balaban J connectivity index is 1.44. The van der Waals surface area contributed by atoms with Crippen molar-refractivity contribution in [2.45, 2.75) is 0 Å². The van der Waals surface area contributed by atoms with E-state index in [1.54, 1.807) is 12.1 Å². The summed E-state index contributed by atoms with van der Waals surface area (Å²) in [5.41, 5.74) is 4.36. The Kier molecular flexibility index (Phi) is 6.03. The van der Waals surface area contributed by atoms with Crippen LogP contribution in [0.3, 0.4) is 0 Å². The first-order valence-corrected chi connectivity index (χ1v) is 10.6. The number of halogens is 1. The lowest BCUT2D eigenvalue weighted by atomic mass is 10.1. The van der Waals surface area contributed by atoms with E-state index < -0.39 is 0 Å². The molecule has 0 spiro atoms. The maximum absolute atomic E-state index is 13.4. The molecule has 1 saturated heterocycles. The van der Waals surface area contributed by atoms with Gasteiger partial charge in [-0.15, -0.1) is 0 Å². The van der Waals surface area contributed by atoms with Gasteiger partial charge in [0, 0.05) is 24.2 Å². The second kappa shape index (κ2) is 9.58. The lowest BCUT2D eigenvalue weighted by molar-refractivity contribution is 0.122. The van der Waals surface area contributed by atoms with Crippen molar-refractivity contribution in [3.05, 3.63) is 78.1 Å². The predicted octanol–water partition coefficient (Wildman–Crippen LogP) is 4.19. The zero-order valence-corrected chi connectivity index (χ0v) is 17.8. The highest BCUT2D eigenvalue weighted by Crippen LogP contribution is 2.26. The molecule has 8 nitrogen and oxygen atoms in total. The van der Waals surface area contributed by atoms with Gasteiger partial charge in [0.05, 0.1) is 19.4 Å². The van der Waals surface area contributed by atoms with E-state index in [0.717, 1.165) is 16.5 Å². The molecule has 0 aliphatic carbocycles. The molecule has 2 N–H and O–H groups in total. The SMILES string of the molecule is Fc1cccc(/C=N\Nc2nc(Nc3cccc4ccccc34)nc(N3CCOCC3)n2)c1. The van der Waals surface area contributed by atoms with Crippen molar-refractivity contribution >= 4 is 40.5 Å². The number of ether oxygens (including phenoxy) is 1. The zero-order valence-electron chi connectivity index (χ0n) is 17.8. The minimum atomic E-state index is -0.324. The summed E-state index contributed by atoms with van der Waals surface area (Å²) < 4.78 is 18.9. The molecule has 2 heterocycles. The van der Waals surface area contributed by atoms with Crippen molar-refractivity contribution < 1.29 is 9.13 Å². The van der Waals surface area contributed by atoms with Crippen LogP contribution < -0.4 is 15.6 Å². The third kappa shape index (κ3) is 5.04. The number of hydrogen-bond acceptors (Lipinski definition) is 8. The van der Waals surface area contributed by atoms with E-state index >= 15 is 0 Å². The van der Waals surface area contributed by atoms with Crippen LogP contribution in [0.1, 0.15) is 5.56 Å². The molecule has 0 radical (unpaired) electrons. The highest BCUT2D eigenvalue weighted by atomic mass is 19.1. The monoisotopic (exact) mass is 443 g/mol. The highest BCUT2D eigenvalue weighted by Gasteiger charge is 2.17. The number of nitrogens with zero attached hydrogens (tertiary/aromatic N) is 5. The summed E-state index contributed by atoms with van der Waals surface area (Å²) in [7, 11) is 0. The molecule has 0 amide bonds. The van der Waals surface area contributed by atoms with E-state index in [1.807, 2.05) is 35.2 Å².